The van der Waals surface area contributed by atoms with Crippen LogP contribution in [0.1, 0.15) is 11.6 Å². The molecule has 2 aromatic rings. The first-order valence-corrected chi connectivity index (χ1v) is 5.80. The fourth-order valence-electron chi connectivity index (χ4n) is 2.07. The zero-order valence-corrected chi connectivity index (χ0v) is 9.45. The minimum Gasteiger partial charge on any atom is -0.260 e. The van der Waals surface area contributed by atoms with Crippen LogP contribution in [0.2, 0.25) is 0 Å². The SMILES string of the molecule is C1=CC(c2cc(-c3ccccc3)ccn2)C=C1. The van der Waals surface area contributed by atoms with Gasteiger partial charge < -0.3 is 0 Å². The number of aromatic nitrogens is 1. The quantitative estimate of drug-likeness (QED) is 0.745. The van der Waals surface area contributed by atoms with E-state index in [9.17, 15) is 0 Å². The fraction of sp³-hybridized carbons (Fsp3) is 0.0625. The number of hydrogen-bond donors (Lipinski definition) is 0. The second kappa shape index (κ2) is 4.38. The predicted octanol–water partition coefficient (Wildman–Crippen LogP) is 3.96. The van der Waals surface area contributed by atoms with Gasteiger partial charge in [0.15, 0.2) is 0 Å². The van der Waals surface area contributed by atoms with E-state index < -0.39 is 0 Å². The zero-order chi connectivity index (χ0) is 11.5. The van der Waals surface area contributed by atoms with Crippen molar-refractivity contribution in [3.05, 3.63) is 78.7 Å². The molecule has 1 nitrogen and oxygen atoms in total. The number of hydrogen-bond acceptors (Lipinski definition) is 1. The van der Waals surface area contributed by atoms with E-state index in [0.29, 0.717) is 5.92 Å². The minimum absolute atomic E-state index is 0.332. The van der Waals surface area contributed by atoms with E-state index >= 15 is 0 Å². The van der Waals surface area contributed by atoms with Gasteiger partial charge in [-0.15, -0.1) is 0 Å². The van der Waals surface area contributed by atoms with Gasteiger partial charge in [-0.25, -0.2) is 0 Å². The molecular formula is C16H13N. The van der Waals surface area contributed by atoms with Gasteiger partial charge in [-0.2, -0.15) is 0 Å². The Balaban J connectivity index is 2.00. The average molecular weight is 219 g/mol. The van der Waals surface area contributed by atoms with E-state index in [4.69, 9.17) is 0 Å². The van der Waals surface area contributed by atoms with Crippen molar-refractivity contribution >= 4 is 0 Å². The highest BCUT2D eigenvalue weighted by molar-refractivity contribution is 5.63. The molecule has 0 saturated heterocycles. The summed E-state index contributed by atoms with van der Waals surface area (Å²) in [6.45, 7) is 0. The van der Waals surface area contributed by atoms with E-state index in [-0.39, 0.29) is 0 Å². The van der Waals surface area contributed by atoms with Crippen molar-refractivity contribution in [3.8, 4) is 11.1 Å². The maximum Gasteiger partial charge on any atom is 0.0516 e. The third-order valence-electron chi connectivity index (χ3n) is 2.98. The van der Waals surface area contributed by atoms with Crippen LogP contribution in [-0.2, 0) is 0 Å². The molecule has 17 heavy (non-hydrogen) atoms. The number of benzene rings is 1. The monoisotopic (exact) mass is 219 g/mol. The normalized spacial score (nSPS) is 14.4. The fourth-order valence-corrected chi connectivity index (χ4v) is 2.07. The molecule has 0 radical (unpaired) electrons. The second-order valence-corrected chi connectivity index (χ2v) is 4.13. The summed E-state index contributed by atoms with van der Waals surface area (Å²) in [4.78, 5) is 4.44. The summed E-state index contributed by atoms with van der Waals surface area (Å²) in [5.41, 5.74) is 3.57. The molecule has 0 amide bonds. The first-order chi connectivity index (χ1) is 8.43. The van der Waals surface area contributed by atoms with Crippen molar-refractivity contribution in [1.82, 2.24) is 4.98 Å². The standard InChI is InChI=1S/C16H13N/c1-2-6-13(7-3-1)15-10-11-17-16(12-15)14-8-4-5-9-14/h1-12,14H. The van der Waals surface area contributed by atoms with Gasteiger partial charge in [0.2, 0.25) is 0 Å². The Kier molecular flexibility index (Phi) is 2.59. The summed E-state index contributed by atoms with van der Waals surface area (Å²) in [7, 11) is 0. The lowest BCUT2D eigenvalue weighted by molar-refractivity contribution is 1.01. The van der Waals surface area contributed by atoms with Crippen LogP contribution in [0.3, 0.4) is 0 Å². The molecule has 0 N–H and O–H groups in total. The molecule has 0 spiro atoms. The van der Waals surface area contributed by atoms with Crippen LogP contribution in [0.5, 0.6) is 0 Å². The molecule has 0 bridgehead atoms. The molecular weight excluding hydrogens is 206 g/mol. The Morgan fingerprint density at radius 1 is 0.824 bits per heavy atom. The summed E-state index contributed by atoms with van der Waals surface area (Å²) in [5.74, 6) is 0.332. The summed E-state index contributed by atoms with van der Waals surface area (Å²) >= 11 is 0. The predicted molar refractivity (Wildman–Crippen MR) is 70.7 cm³/mol. The highest BCUT2D eigenvalue weighted by Crippen LogP contribution is 2.25. The number of rotatable bonds is 2. The molecule has 3 rings (SSSR count). The van der Waals surface area contributed by atoms with Crippen LogP contribution in [0.25, 0.3) is 11.1 Å². The van der Waals surface area contributed by atoms with Crippen molar-refractivity contribution < 1.29 is 0 Å². The molecule has 1 aliphatic carbocycles. The molecule has 1 heteroatoms. The van der Waals surface area contributed by atoms with Gasteiger partial charge in [0, 0.05) is 12.1 Å². The third kappa shape index (κ3) is 2.04. The van der Waals surface area contributed by atoms with Crippen LogP contribution < -0.4 is 0 Å². The maximum absolute atomic E-state index is 4.44. The summed E-state index contributed by atoms with van der Waals surface area (Å²) in [5, 5.41) is 0. The average Bonchev–Trinajstić information content (AvgIpc) is 2.94. The molecule has 82 valence electrons. The lowest BCUT2D eigenvalue weighted by Gasteiger charge is -2.07. The van der Waals surface area contributed by atoms with Gasteiger partial charge in [-0.1, -0.05) is 54.6 Å². The number of pyridine rings is 1. The molecule has 0 unspecified atom stereocenters. The van der Waals surface area contributed by atoms with E-state index in [2.05, 4.69) is 65.7 Å². The third-order valence-corrected chi connectivity index (χ3v) is 2.98. The van der Waals surface area contributed by atoms with Crippen LogP contribution in [0.15, 0.2) is 73.0 Å². The summed E-state index contributed by atoms with van der Waals surface area (Å²) in [6.07, 6.45) is 10.4. The van der Waals surface area contributed by atoms with Crippen molar-refractivity contribution in [2.75, 3.05) is 0 Å². The van der Waals surface area contributed by atoms with Gasteiger partial charge in [-0.3, -0.25) is 4.98 Å². The zero-order valence-electron chi connectivity index (χ0n) is 9.45. The minimum atomic E-state index is 0.332. The second-order valence-electron chi connectivity index (χ2n) is 4.13. The van der Waals surface area contributed by atoms with Crippen molar-refractivity contribution in [2.24, 2.45) is 0 Å². The Labute approximate surface area is 101 Å². The molecule has 0 aliphatic heterocycles. The van der Waals surface area contributed by atoms with Crippen molar-refractivity contribution in [3.63, 3.8) is 0 Å². The molecule has 1 aromatic carbocycles. The molecule has 1 aliphatic rings. The molecule has 0 fully saturated rings. The van der Waals surface area contributed by atoms with E-state index in [0.717, 1.165) is 5.69 Å². The highest BCUT2D eigenvalue weighted by atomic mass is 14.7. The van der Waals surface area contributed by atoms with Crippen molar-refractivity contribution in [1.29, 1.82) is 0 Å². The van der Waals surface area contributed by atoms with Crippen molar-refractivity contribution in [2.45, 2.75) is 5.92 Å². The Morgan fingerprint density at radius 2 is 1.59 bits per heavy atom. The van der Waals surface area contributed by atoms with Crippen LogP contribution in [0, 0.1) is 0 Å². The first-order valence-electron chi connectivity index (χ1n) is 5.80. The smallest absolute Gasteiger partial charge is 0.0516 e. The van der Waals surface area contributed by atoms with E-state index in [1.165, 1.54) is 11.1 Å². The largest absolute Gasteiger partial charge is 0.260 e. The van der Waals surface area contributed by atoms with Gasteiger partial charge in [0.1, 0.15) is 0 Å². The summed E-state index contributed by atoms with van der Waals surface area (Å²) in [6, 6.07) is 14.6. The Morgan fingerprint density at radius 3 is 2.35 bits per heavy atom. The van der Waals surface area contributed by atoms with Crippen LogP contribution in [0.4, 0.5) is 0 Å². The molecule has 0 saturated carbocycles. The summed E-state index contributed by atoms with van der Waals surface area (Å²) < 4.78 is 0. The maximum atomic E-state index is 4.44. The Bertz CT molecular complexity index is 555. The van der Waals surface area contributed by atoms with Gasteiger partial charge in [0.05, 0.1) is 5.69 Å². The molecule has 1 heterocycles. The Hall–Kier alpha value is -2.15. The topological polar surface area (TPSA) is 12.9 Å². The van der Waals surface area contributed by atoms with Gasteiger partial charge in [0.25, 0.3) is 0 Å². The first kappa shape index (κ1) is 10.0. The lowest BCUT2D eigenvalue weighted by atomic mass is 10.0. The van der Waals surface area contributed by atoms with E-state index in [1.807, 2.05) is 12.3 Å². The lowest BCUT2D eigenvalue weighted by Crippen LogP contribution is -1.93. The highest BCUT2D eigenvalue weighted by Gasteiger charge is 2.09. The van der Waals surface area contributed by atoms with Gasteiger partial charge in [-0.05, 0) is 23.3 Å². The molecule has 1 aromatic heterocycles. The number of nitrogens with zero attached hydrogens (tertiary/aromatic N) is 1. The number of allylic oxidation sites excluding steroid dienone is 4. The van der Waals surface area contributed by atoms with E-state index in [1.54, 1.807) is 0 Å². The van der Waals surface area contributed by atoms with Crippen LogP contribution >= 0.6 is 0 Å². The van der Waals surface area contributed by atoms with Gasteiger partial charge >= 0.3 is 0 Å². The van der Waals surface area contributed by atoms with Crippen LogP contribution in [-0.4, -0.2) is 4.98 Å². The molecule has 0 atom stereocenters.